The van der Waals surface area contributed by atoms with Crippen LogP contribution in [0.2, 0.25) is 0 Å². The third-order valence-electron chi connectivity index (χ3n) is 4.18. The molecule has 0 unspecified atom stereocenters. The summed E-state index contributed by atoms with van der Waals surface area (Å²) in [5.41, 5.74) is 4.92. The van der Waals surface area contributed by atoms with E-state index < -0.39 is 0 Å². The lowest BCUT2D eigenvalue weighted by Gasteiger charge is -2.05. The van der Waals surface area contributed by atoms with Crippen molar-refractivity contribution >= 4 is 33.1 Å². The Bertz CT molecular complexity index is 1070. The molecule has 1 aromatic heterocycles. The minimum atomic E-state index is 0.801. The molecule has 0 saturated heterocycles. The number of fused-ring (bicyclic) bond motifs is 1. The molecule has 4 heteroatoms. The summed E-state index contributed by atoms with van der Waals surface area (Å²) in [5, 5.41) is 4.98. The number of nitrogens with zero attached hydrogens (tertiary/aromatic N) is 1. The zero-order valence-electron chi connectivity index (χ0n) is 14.1. The molecule has 0 bridgehead atoms. The van der Waals surface area contributed by atoms with E-state index in [1.807, 2.05) is 48.5 Å². The van der Waals surface area contributed by atoms with Gasteiger partial charge in [-0.15, -0.1) is 0 Å². The number of benzene rings is 3. The monoisotopic (exact) mass is 405 g/mol. The predicted molar refractivity (Wildman–Crippen MR) is 109 cm³/mol. The first kappa shape index (κ1) is 16.6. The largest absolute Gasteiger partial charge is 0.455 e. The highest BCUT2D eigenvalue weighted by atomic mass is 79.9. The zero-order valence-corrected chi connectivity index (χ0v) is 15.7. The second kappa shape index (κ2) is 7.18. The van der Waals surface area contributed by atoms with Crippen LogP contribution in [0.1, 0.15) is 5.56 Å². The molecule has 4 aromatic rings. The summed E-state index contributed by atoms with van der Waals surface area (Å²) in [6, 6.07) is 24.4. The van der Waals surface area contributed by atoms with Crippen molar-refractivity contribution in [3.05, 3.63) is 82.8 Å². The number of furan rings is 1. The molecule has 0 aliphatic rings. The Hall–Kier alpha value is -2.85. The van der Waals surface area contributed by atoms with Crippen LogP contribution in [0.25, 0.3) is 33.4 Å². The van der Waals surface area contributed by atoms with E-state index in [0.29, 0.717) is 0 Å². The molecule has 0 aliphatic heterocycles. The summed E-state index contributed by atoms with van der Waals surface area (Å²) in [5.74, 6) is 0.844. The summed E-state index contributed by atoms with van der Waals surface area (Å²) in [6.45, 7) is 0. The molecule has 0 fully saturated rings. The first-order valence-corrected chi connectivity index (χ1v) is 9.00. The molecule has 0 atom stereocenters. The molecule has 26 heavy (non-hydrogen) atoms. The average molecular weight is 406 g/mol. The molecule has 0 N–H and O–H groups in total. The highest BCUT2D eigenvalue weighted by Gasteiger charge is 2.20. The molecule has 0 saturated carbocycles. The van der Waals surface area contributed by atoms with Gasteiger partial charge in [-0.05, 0) is 17.7 Å². The van der Waals surface area contributed by atoms with Gasteiger partial charge in [-0.25, -0.2) is 0 Å². The summed E-state index contributed by atoms with van der Waals surface area (Å²) in [7, 11) is 1.54. The van der Waals surface area contributed by atoms with Crippen molar-refractivity contribution in [2.75, 3.05) is 7.11 Å². The Balaban J connectivity index is 2.10. The zero-order chi connectivity index (χ0) is 17.9. The lowest BCUT2D eigenvalue weighted by molar-refractivity contribution is 0.215. The fourth-order valence-electron chi connectivity index (χ4n) is 3.11. The van der Waals surface area contributed by atoms with E-state index in [1.54, 1.807) is 6.21 Å². The molecule has 0 aliphatic carbocycles. The number of hydrogen-bond donors (Lipinski definition) is 0. The van der Waals surface area contributed by atoms with E-state index in [4.69, 9.17) is 9.25 Å². The van der Waals surface area contributed by atoms with E-state index in [2.05, 4.69) is 45.4 Å². The highest BCUT2D eigenvalue weighted by molar-refractivity contribution is 9.10. The van der Waals surface area contributed by atoms with Gasteiger partial charge in [0.25, 0.3) is 0 Å². The summed E-state index contributed by atoms with van der Waals surface area (Å²) in [6.07, 6.45) is 1.71. The third-order valence-corrected chi connectivity index (χ3v) is 4.64. The van der Waals surface area contributed by atoms with Gasteiger partial charge in [0.15, 0.2) is 0 Å². The van der Waals surface area contributed by atoms with Crippen LogP contribution >= 0.6 is 15.9 Å². The van der Waals surface area contributed by atoms with Gasteiger partial charge in [0.05, 0.1) is 6.21 Å². The fraction of sp³-hybridized carbons (Fsp3) is 0.0455. The molecule has 4 rings (SSSR count). The van der Waals surface area contributed by atoms with Crippen LogP contribution in [0.3, 0.4) is 0 Å². The number of oxime groups is 1. The SMILES string of the molecule is CO/N=C/c1cc(Br)cc2oc(-c3ccccc3)c(-c3ccccc3)c12. The summed E-state index contributed by atoms with van der Waals surface area (Å²) in [4.78, 5) is 4.90. The van der Waals surface area contributed by atoms with E-state index in [9.17, 15) is 0 Å². The molecular weight excluding hydrogens is 390 g/mol. The first-order chi connectivity index (χ1) is 12.8. The Morgan fingerprint density at radius 1 is 0.923 bits per heavy atom. The van der Waals surface area contributed by atoms with Crippen LogP contribution in [0.15, 0.2) is 86.8 Å². The van der Waals surface area contributed by atoms with Gasteiger partial charge in [0.1, 0.15) is 18.5 Å². The molecule has 0 radical (unpaired) electrons. The molecule has 1 heterocycles. The normalized spacial score (nSPS) is 11.3. The van der Waals surface area contributed by atoms with Crippen molar-refractivity contribution in [3.63, 3.8) is 0 Å². The topological polar surface area (TPSA) is 34.7 Å². The van der Waals surface area contributed by atoms with Crippen molar-refractivity contribution in [2.24, 2.45) is 5.16 Å². The van der Waals surface area contributed by atoms with Gasteiger partial charge in [-0.1, -0.05) is 81.7 Å². The Labute approximate surface area is 160 Å². The third kappa shape index (κ3) is 3.04. The van der Waals surface area contributed by atoms with Crippen LogP contribution in [-0.2, 0) is 4.84 Å². The standard InChI is InChI=1S/C22H16BrNO2/c1-25-24-14-17-12-18(23)13-19-20(17)21(15-8-4-2-5-9-15)22(26-19)16-10-6-3-7-11-16/h2-14H,1H3/b24-14+. The number of hydrogen-bond acceptors (Lipinski definition) is 3. The van der Waals surface area contributed by atoms with E-state index in [-0.39, 0.29) is 0 Å². The molecule has 3 aromatic carbocycles. The van der Waals surface area contributed by atoms with Crippen LogP contribution in [-0.4, -0.2) is 13.3 Å². The Kier molecular flexibility index (Phi) is 4.59. The maximum atomic E-state index is 6.31. The first-order valence-electron chi connectivity index (χ1n) is 8.21. The maximum Gasteiger partial charge on any atom is 0.143 e. The lowest BCUT2D eigenvalue weighted by Crippen LogP contribution is -1.87. The van der Waals surface area contributed by atoms with E-state index >= 15 is 0 Å². The highest BCUT2D eigenvalue weighted by Crippen LogP contribution is 2.42. The molecule has 3 nitrogen and oxygen atoms in total. The Morgan fingerprint density at radius 2 is 1.58 bits per heavy atom. The molecule has 128 valence electrons. The van der Waals surface area contributed by atoms with Gasteiger partial charge < -0.3 is 9.25 Å². The van der Waals surface area contributed by atoms with E-state index in [1.165, 1.54) is 7.11 Å². The maximum absolute atomic E-state index is 6.31. The van der Waals surface area contributed by atoms with Gasteiger partial charge in [0.2, 0.25) is 0 Å². The second-order valence-corrected chi connectivity index (χ2v) is 6.74. The molecular formula is C22H16BrNO2. The smallest absolute Gasteiger partial charge is 0.143 e. The summed E-state index contributed by atoms with van der Waals surface area (Å²) >= 11 is 3.56. The second-order valence-electron chi connectivity index (χ2n) is 5.82. The van der Waals surface area contributed by atoms with Gasteiger partial charge in [-0.3, -0.25) is 0 Å². The minimum absolute atomic E-state index is 0.801. The predicted octanol–water partition coefficient (Wildman–Crippen LogP) is 6.51. The van der Waals surface area contributed by atoms with Crippen molar-refractivity contribution in [2.45, 2.75) is 0 Å². The van der Waals surface area contributed by atoms with Crippen LogP contribution in [0.5, 0.6) is 0 Å². The van der Waals surface area contributed by atoms with Gasteiger partial charge in [0, 0.05) is 26.5 Å². The van der Waals surface area contributed by atoms with Crippen molar-refractivity contribution in [1.82, 2.24) is 0 Å². The fourth-order valence-corrected chi connectivity index (χ4v) is 3.56. The van der Waals surface area contributed by atoms with Gasteiger partial charge in [-0.2, -0.15) is 0 Å². The number of halogens is 1. The number of rotatable bonds is 4. The van der Waals surface area contributed by atoms with Crippen LogP contribution in [0.4, 0.5) is 0 Å². The van der Waals surface area contributed by atoms with Gasteiger partial charge >= 0.3 is 0 Å². The van der Waals surface area contributed by atoms with Crippen molar-refractivity contribution in [1.29, 1.82) is 0 Å². The van der Waals surface area contributed by atoms with Crippen molar-refractivity contribution < 1.29 is 9.25 Å². The van der Waals surface area contributed by atoms with Crippen LogP contribution in [0, 0.1) is 0 Å². The molecule has 0 amide bonds. The summed E-state index contributed by atoms with van der Waals surface area (Å²) < 4.78 is 7.24. The van der Waals surface area contributed by atoms with Crippen molar-refractivity contribution in [3.8, 4) is 22.5 Å². The van der Waals surface area contributed by atoms with Crippen LogP contribution < -0.4 is 0 Å². The average Bonchev–Trinajstić information content (AvgIpc) is 3.07. The quantitative estimate of drug-likeness (QED) is 0.286. The lowest BCUT2D eigenvalue weighted by atomic mass is 9.96. The minimum Gasteiger partial charge on any atom is -0.455 e. The molecule has 0 spiro atoms. The Morgan fingerprint density at radius 3 is 2.23 bits per heavy atom. The van der Waals surface area contributed by atoms with E-state index in [0.717, 1.165) is 43.5 Å².